The lowest BCUT2D eigenvalue weighted by atomic mass is 10.1. The fourth-order valence-corrected chi connectivity index (χ4v) is 3.27. The number of benzene rings is 2. The standard InChI is InChI=1S/C23H21ClF3N3O3/c1-15-14-20(31)21(28-30(15)19-7-4-3-6-18(19)23(25,26)27)22(32)29(2)12-5-13-33-17-10-8-16(24)9-11-17/h3-4,6-11,14H,5,12-13H2,1-2H3. The number of amides is 1. The molecule has 1 aromatic heterocycles. The van der Waals surface area contributed by atoms with Crippen LogP contribution in [0, 0.1) is 6.92 Å². The van der Waals surface area contributed by atoms with E-state index < -0.39 is 28.8 Å². The Hall–Kier alpha value is -3.33. The molecule has 0 aliphatic rings. The molecule has 0 spiro atoms. The third-order valence-corrected chi connectivity index (χ3v) is 5.07. The van der Waals surface area contributed by atoms with E-state index in [0.717, 1.165) is 16.8 Å². The van der Waals surface area contributed by atoms with E-state index in [4.69, 9.17) is 16.3 Å². The zero-order valence-electron chi connectivity index (χ0n) is 17.9. The Morgan fingerprint density at radius 3 is 2.48 bits per heavy atom. The summed E-state index contributed by atoms with van der Waals surface area (Å²) in [4.78, 5) is 26.5. The van der Waals surface area contributed by atoms with Gasteiger partial charge in [-0.15, -0.1) is 0 Å². The number of rotatable bonds is 7. The fourth-order valence-electron chi connectivity index (χ4n) is 3.14. The molecule has 3 aromatic rings. The van der Waals surface area contributed by atoms with Gasteiger partial charge in [-0.2, -0.15) is 18.3 Å². The molecule has 0 atom stereocenters. The van der Waals surface area contributed by atoms with Crippen LogP contribution in [0.15, 0.2) is 59.4 Å². The molecule has 10 heteroatoms. The van der Waals surface area contributed by atoms with Gasteiger partial charge in [0.05, 0.1) is 17.9 Å². The fraction of sp³-hybridized carbons (Fsp3) is 0.261. The predicted octanol–water partition coefficient (Wildman–Crippen LogP) is 4.75. The van der Waals surface area contributed by atoms with Crippen LogP contribution in [0.5, 0.6) is 5.75 Å². The summed E-state index contributed by atoms with van der Waals surface area (Å²) in [5.41, 5.74) is -2.14. The van der Waals surface area contributed by atoms with Crippen molar-refractivity contribution in [2.45, 2.75) is 19.5 Å². The molecular weight excluding hydrogens is 459 g/mol. The molecule has 0 unspecified atom stereocenters. The molecule has 0 saturated heterocycles. The highest BCUT2D eigenvalue weighted by atomic mass is 35.5. The number of carbonyl (C=O) groups excluding carboxylic acids is 1. The maximum atomic E-state index is 13.5. The molecule has 0 aliphatic heterocycles. The number of hydrogen-bond donors (Lipinski definition) is 0. The summed E-state index contributed by atoms with van der Waals surface area (Å²) in [7, 11) is 1.49. The predicted molar refractivity (Wildman–Crippen MR) is 118 cm³/mol. The summed E-state index contributed by atoms with van der Waals surface area (Å²) in [6.07, 6.45) is -4.17. The third kappa shape index (κ3) is 5.92. The first kappa shape index (κ1) is 24.3. The van der Waals surface area contributed by atoms with E-state index in [1.165, 1.54) is 37.1 Å². The van der Waals surface area contributed by atoms with E-state index in [9.17, 15) is 22.8 Å². The highest BCUT2D eigenvalue weighted by Crippen LogP contribution is 2.33. The second kappa shape index (κ2) is 10.1. The number of halogens is 4. The molecule has 1 amide bonds. The first-order chi connectivity index (χ1) is 15.6. The number of aromatic nitrogens is 2. The van der Waals surface area contributed by atoms with E-state index in [1.54, 1.807) is 24.3 Å². The quantitative estimate of drug-likeness (QED) is 0.459. The number of para-hydroxylation sites is 1. The second-order valence-electron chi connectivity index (χ2n) is 7.31. The largest absolute Gasteiger partial charge is 0.494 e. The summed E-state index contributed by atoms with van der Waals surface area (Å²) < 4.78 is 46.9. The lowest BCUT2D eigenvalue weighted by molar-refractivity contribution is -0.137. The van der Waals surface area contributed by atoms with Gasteiger partial charge in [-0.25, -0.2) is 4.68 Å². The molecule has 6 nitrogen and oxygen atoms in total. The van der Waals surface area contributed by atoms with E-state index in [0.29, 0.717) is 23.8 Å². The van der Waals surface area contributed by atoms with Crippen molar-refractivity contribution < 1.29 is 22.7 Å². The molecule has 3 rings (SSSR count). The first-order valence-corrected chi connectivity index (χ1v) is 10.4. The van der Waals surface area contributed by atoms with Crippen molar-refractivity contribution in [1.29, 1.82) is 0 Å². The van der Waals surface area contributed by atoms with Gasteiger partial charge in [0.15, 0.2) is 5.69 Å². The van der Waals surface area contributed by atoms with E-state index >= 15 is 0 Å². The maximum absolute atomic E-state index is 13.5. The number of aryl methyl sites for hydroxylation is 1. The zero-order valence-corrected chi connectivity index (χ0v) is 18.7. The Labute approximate surface area is 193 Å². The monoisotopic (exact) mass is 479 g/mol. The number of carbonyl (C=O) groups is 1. The highest BCUT2D eigenvalue weighted by molar-refractivity contribution is 6.30. The Bertz CT molecular complexity index is 1190. The van der Waals surface area contributed by atoms with Crippen LogP contribution < -0.4 is 10.2 Å². The van der Waals surface area contributed by atoms with Crippen LogP contribution in [0.3, 0.4) is 0 Å². The summed E-state index contributed by atoms with van der Waals surface area (Å²) in [6.45, 7) is 2.01. The van der Waals surface area contributed by atoms with Gasteiger partial charge in [0, 0.05) is 30.4 Å². The minimum Gasteiger partial charge on any atom is -0.494 e. The lowest BCUT2D eigenvalue weighted by Gasteiger charge is -2.19. The van der Waals surface area contributed by atoms with Gasteiger partial charge in [0.1, 0.15) is 5.75 Å². The van der Waals surface area contributed by atoms with Gasteiger partial charge in [-0.1, -0.05) is 23.7 Å². The van der Waals surface area contributed by atoms with E-state index in [-0.39, 0.29) is 17.9 Å². The molecule has 1 heterocycles. The molecule has 0 bridgehead atoms. The summed E-state index contributed by atoms with van der Waals surface area (Å²) in [5, 5.41) is 4.58. The molecule has 0 N–H and O–H groups in total. The molecular formula is C23H21ClF3N3O3. The Kier molecular flexibility index (Phi) is 7.43. The minimum atomic E-state index is -4.63. The van der Waals surface area contributed by atoms with Crippen molar-refractivity contribution in [3.05, 3.63) is 86.8 Å². The van der Waals surface area contributed by atoms with Crippen molar-refractivity contribution in [1.82, 2.24) is 14.7 Å². The van der Waals surface area contributed by atoms with Crippen LogP contribution in [0.4, 0.5) is 13.2 Å². The summed E-state index contributed by atoms with van der Waals surface area (Å²) in [5.74, 6) is -0.0653. The highest BCUT2D eigenvalue weighted by Gasteiger charge is 2.34. The van der Waals surface area contributed by atoms with Crippen LogP contribution in [-0.2, 0) is 6.18 Å². The number of hydrogen-bond acceptors (Lipinski definition) is 4. The van der Waals surface area contributed by atoms with Crippen LogP contribution in [0.1, 0.15) is 28.2 Å². The Morgan fingerprint density at radius 2 is 1.82 bits per heavy atom. The number of nitrogens with zero attached hydrogens (tertiary/aromatic N) is 3. The molecule has 0 saturated carbocycles. The average Bonchev–Trinajstić information content (AvgIpc) is 2.77. The summed E-state index contributed by atoms with van der Waals surface area (Å²) >= 11 is 5.82. The Morgan fingerprint density at radius 1 is 1.15 bits per heavy atom. The number of ether oxygens (including phenoxy) is 1. The van der Waals surface area contributed by atoms with Gasteiger partial charge in [-0.05, 0) is 49.7 Å². The topological polar surface area (TPSA) is 64.4 Å². The van der Waals surface area contributed by atoms with Crippen molar-refractivity contribution in [2.75, 3.05) is 20.2 Å². The second-order valence-corrected chi connectivity index (χ2v) is 7.74. The minimum absolute atomic E-state index is 0.173. The Balaban J connectivity index is 1.76. The molecule has 2 aromatic carbocycles. The van der Waals surface area contributed by atoms with E-state index in [1.807, 2.05) is 0 Å². The molecule has 0 aliphatic carbocycles. The van der Waals surface area contributed by atoms with Crippen molar-refractivity contribution in [2.24, 2.45) is 0 Å². The van der Waals surface area contributed by atoms with Crippen LogP contribution in [0.2, 0.25) is 5.02 Å². The summed E-state index contributed by atoms with van der Waals surface area (Å²) in [6, 6.07) is 12.8. The van der Waals surface area contributed by atoms with Gasteiger partial charge < -0.3 is 9.64 Å². The van der Waals surface area contributed by atoms with Gasteiger partial charge in [-0.3, -0.25) is 9.59 Å². The third-order valence-electron chi connectivity index (χ3n) is 4.81. The van der Waals surface area contributed by atoms with Crippen LogP contribution in [-0.4, -0.2) is 40.8 Å². The van der Waals surface area contributed by atoms with Gasteiger partial charge >= 0.3 is 6.18 Å². The average molecular weight is 480 g/mol. The molecule has 0 fully saturated rings. The van der Waals surface area contributed by atoms with Crippen molar-refractivity contribution in [3.63, 3.8) is 0 Å². The lowest BCUT2D eigenvalue weighted by Crippen LogP contribution is -2.35. The molecule has 33 heavy (non-hydrogen) atoms. The normalized spacial score (nSPS) is 11.3. The van der Waals surface area contributed by atoms with Gasteiger partial charge in [0.2, 0.25) is 5.43 Å². The smallest absolute Gasteiger partial charge is 0.418 e. The molecule has 0 radical (unpaired) electrons. The SMILES string of the molecule is Cc1cc(=O)c(C(=O)N(C)CCCOc2ccc(Cl)cc2)nn1-c1ccccc1C(F)(F)F. The van der Waals surface area contributed by atoms with Crippen LogP contribution >= 0.6 is 11.6 Å². The van der Waals surface area contributed by atoms with Crippen molar-refractivity contribution >= 4 is 17.5 Å². The first-order valence-electron chi connectivity index (χ1n) is 9.99. The zero-order chi connectivity index (χ0) is 24.2. The number of alkyl halides is 3. The maximum Gasteiger partial charge on any atom is 0.418 e. The molecule has 174 valence electrons. The van der Waals surface area contributed by atoms with Gasteiger partial charge in [0.25, 0.3) is 5.91 Å². The van der Waals surface area contributed by atoms with Crippen LogP contribution in [0.25, 0.3) is 5.69 Å². The van der Waals surface area contributed by atoms with Crippen molar-refractivity contribution in [3.8, 4) is 11.4 Å². The van der Waals surface area contributed by atoms with E-state index in [2.05, 4.69) is 5.10 Å².